The first-order valence-electron chi connectivity index (χ1n) is 0.239. The molecule has 0 saturated carbocycles. The summed E-state index contributed by atoms with van der Waals surface area (Å²) in [6, 6.07) is 0. The normalized spacial score (nSPS) is 2.00. The monoisotopic (exact) mass is 576 g/mol. The number of hydrogen-bond donors (Lipinski definition) is 0. The summed E-state index contributed by atoms with van der Waals surface area (Å²) < 4.78 is 0. The van der Waals surface area contributed by atoms with Crippen LogP contribution >= 0.6 is 18.8 Å². The molecule has 0 rings (SSSR count). The van der Waals surface area contributed by atoms with Crippen molar-refractivity contribution in [3.63, 3.8) is 0 Å². The first-order chi connectivity index (χ1) is 1.41. The summed E-state index contributed by atoms with van der Waals surface area (Å²) in [5.41, 5.74) is 0. The van der Waals surface area contributed by atoms with E-state index in [9.17, 15) is 0 Å². The first kappa shape index (κ1) is 126. The maximum absolute atomic E-state index is 4.88. The molecule has 0 heterocycles. The van der Waals surface area contributed by atoms with Gasteiger partial charge in [0, 0.05) is 0 Å². The maximum Gasteiger partial charge on any atom is 2.00 e. The molecule has 0 aromatic carbocycles. The van der Waals surface area contributed by atoms with Crippen molar-refractivity contribution in [2.24, 2.45) is 0 Å². The van der Waals surface area contributed by atoms with Crippen molar-refractivity contribution in [1.82, 2.24) is 0 Å². The molecular weight excluding hydrogens is 561 g/mol. The van der Waals surface area contributed by atoms with Gasteiger partial charge in [0.1, 0.15) is 0 Å². The van der Waals surface area contributed by atoms with Crippen molar-refractivity contribution in [2.75, 3.05) is 0 Å². The zero-order chi connectivity index (χ0) is 2.71. The second-order valence-corrected chi connectivity index (χ2v) is 3.33. The van der Waals surface area contributed by atoms with E-state index in [4.69, 9.17) is 18.8 Å². The van der Waals surface area contributed by atoms with Crippen LogP contribution in [0.5, 0.6) is 0 Å². The Bertz CT molecular complexity index is 24.1. The number of hydrogen-bond acceptors (Lipinski definition) is 0. The standard InChI is InChI=1S/CH4.2ClH.4H2N.2H2O.2Pt/h1H4;2*1H;6*1H2;;/q;;;4*-1;;;+2;+4/p-2. The Kier molecular flexibility index (Phi) is 2090. The van der Waals surface area contributed by atoms with Gasteiger partial charge in [-0.05, 0) is 0 Å². The molecule has 0 atom stereocenters. The molecule has 0 aliphatic heterocycles. The van der Waals surface area contributed by atoms with Crippen LogP contribution in [0.4, 0.5) is 0 Å². The molecule has 0 radical (unpaired) electrons. The summed E-state index contributed by atoms with van der Waals surface area (Å²) >= 11 is -0.472. The van der Waals surface area contributed by atoms with Gasteiger partial charge in [-0.2, -0.15) is 0 Å². The van der Waals surface area contributed by atoms with Crippen molar-refractivity contribution >= 4 is 18.8 Å². The minimum Gasteiger partial charge on any atom is -0.693 e. The molecule has 86 valence electrons. The topological polar surface area (TPSA) is 197 Å². The molecular formula is CH16Cl2N4O2Pt2. The molecule has 0 aromatic rings. The smallest absolute Gasteiger partial charge is 0.693 e. The fourth-order valence-electron chi connectivity index (χ4n) is 0. The van der Waals surface area contributed by atoms with E-state index in [1.54, 1.807) is 0 Å². The molecule has 0 amide bonds. The summed E-state index contributed by atoms with van der Waals surface area (Å²) in [4.78, 5) is 0. The molecule has 10 heteroatoms. The van der Waals surface area contributed by atoms with Crippen LogP contribution < -0.4 is 0 Å². The van der Waals surface area contributed by atoms with E-state index >= 15 is 0 Å². The third-order valence-electron chi connectivity index (χ3n) is 0. The third kappa shape index (κ3) is 375. The van der Waals surface area contributed by atoms with E-state index in [2.05, 4.69) is 0 Å². The van der Waals surface area contributed by atoms with Gasteiger partial charge in [0.25, 0.3) is 0 Å². The average molecular weight is 577 g/mol. The van der Waals surface area contributed by atoms with E-state index in [-0.39, 0.29) is 64.0 Å². The van der Waals surface area contributed by atoms with Crippen LogP contribution in [0, 0.1) is 0 Å². The van der Waals surface area contributed by atoms with Gasteiger partial charge in [-0.15, -0.1) is 0 Å². The van der Waals surface area contributed by atoms with Gasteiger partial charge in [-0.25, -0.2) is 0 Å². The van der Waals surface area contributed by atoms with Crippen molar-refractivity contribution in [1.29, 1.82) is 0 Å². The summed E-state index contributed by atoms with van der Waals surface area (Å²) in [5.74, 6) is 0. The number of rotatable bonds is 0. The average Bonchev–Trinajstić information content (AvgIpc) is 0.918. The van der Waals surface area contributed by atoms with Crippen LogP contribution in [0.25, 0.3) is 24.6 Å². The Labute approximate surface area is 98.8 Å². The van der Waals surface area contributed by atoms with E-state index in [1.165, 1.54) is 0 Å². The molecule has 6 nitrogen and oxygen atoms in total. The zero-order valence-corrected chi connectivity index (χ0v) is 10.8. The van der Waals surface area contributed by atoms with E-state index in [0.29, 0.717) is 0 Å². The van der Waals surface area contributed by atoms with Gasteiger partial charge in [0.2, 0.25) is 0 Å². The summed E-state index contributed by atoms with van der Waals surface area (Å²) in [7, 11) is 9.75. The fourth-order valence-corrected chi connectivity index (χ4v) is 0. The summed E-state index contributed by atoms with van der Waals surface area (Å²) in [6.07, 6.45) is 0. The van der Waals surface area contributed by atoms with Crippen molar-refractivity contribution in [3.05, 3.63) is 24.6 Å². The van der Waals surface area contributed by atoms with Crippen LogP contribution in [0.3, 0.4) is 0 Å². The van der Waals surface area contributed by atoms with E-state index in [0.717, 1.165) is 0 Å². The van der Waals surface area contributed by atoms with Crippen molar-refractivity contribution < 1.29 is 48.5 Å². The van der Waals surface area contributed by atoms with E-state index < -0.39 is 16.5 Å². The number of nitrogens with two attached hydrogens (primary N) is 4. The second kappa shape index (κ2) is 182. The Morgan fingerprint density at radius 3 is 0.727 bits per heavy atom. The second-order valence-electron chi connectivity index (χ2n) is 0.0452. The van der Waals surface area contributed by atoms with Crippen LogP contribution in [0.1, 0.15) is 7.43 Å². The molecule has 0 aliphatic carbocycles. The predicted octanol–water partition coefficient (Wildman–Crippen LogP) is 3.23. The van der Waals surface area contributed by atoms with E-state index in [1.807, 2.05) is 0 Å². The van der Waals surface area contributed by atoms with Crippen LogP contribution in [-0.2, 0) is 37.5 Å². The molecule has 12 N–H and O–H groups in total. The molecule has 0 aliphatic rings. The molecule has 0 aromatic heterocycles. The summed E-state index contributed by atoms with van der Waals surface area (Å²) in [6.45, 7) is 0. The molecule has 11 heavy (non-hydrogen) atoms. The van der Waals surface area contributed by atoms with Crippen LogP contribution in [-0.4, -0.2) is 11.0 Å². The Morgan fingerprint density at radius 1 is 0.727 bits per heavy atom. The van der Waals surface area contributed by atoms with Crippen molar-refractivity contribution in [3.8, 4) is 0 Å². The van der Waals surface area contributed by atoms with Crippen LogP contribution in [0.2, 0.25) is 0 Å². The van der Waals surface area contributed by atoms with Gasteiger partial charge >= 0.3 is 56.4 Å². The van der Waals surface area contributed by atoms with Gasteiger partial charge in [-0.1, -0.05) is 7.43 Å². The first-order valence-corrected chi connectivity index (χ1v) is 5.87. The molecule has 0 unspecified atom stereocenters. The van der Waals surface area contributed by atoms with Gasteiger partial charge in [-0.3, -0.25) is 0 Å². The molecule has 0 bridgehead atoms. The maximum atomic E-state index is 4.88. The fraction of sp³-hybridized carbons (Fsp3) is 1.00. The third-order valence-corrected chi connectivity index (χ3v) is 0. The minimum absolute atomic E-state index is 0. The molecule has 0 fully saturated rings. The molecule has 0 spiro atoms. The Hall–Kier alpha value is 1.72. The van der Waals surface area contributed by atoms with Gasteiger partial charge < -0.3 is 35.6 Å². The number of halogens is 2. The van der Waals surface area contributed by atoms with Crippen molar-refractivity contribution in [2.45, 2.75) is 7.43 Å². The molecule has 0 saturated heterocycles. The largest absolute Gasteiger partial charge is 2.00 e. The zero-order valence-electron chi connectivity index (χ0n) is 4.70. The Balaban J connectivity index is -0.000000000714. The minimum atomic E-state index is -0.472. The van der Waals surface area contributed by atoms with Crippen LogP contribution in [0.15, 0.2) is 0 Å². The summed E-state index contributed by atoms with van der Waals surface area (Å²) in [5, 5.41) is 0. The Morgan fingerprint density at radius 2 is 0.727 bits per heavy atom. The quantitative estimate of drug-likeness (QED) is 0.408. The van der Waals surface area contributed by atoms with Gasteiger partial charge in [0.05, 0.1) is 0 Å². The predicted molar refractivity (Wildman–Crippen MR) is 46.8 cm³/mol. The van der Waals surface area contributed by atoms with Gasteiger partial charge in [0.15, 0.2) is 0 Å². The SMILES string of the molecule is C.O.O.[Cl][Pt+2][Cl].[NH2-].[NH2-].[NH2-].[NH2-].[Pt+2].